The van der Waals surface area contributed by atoms with E-state index < -0.39 is 0 Å². The maximum absolute atomic E-state index is 13.1. The number of nitrogens with zero attached hydrogens (tertiary/aromatic N) is 2. The Morgan fingerprint density at radius 3 is 2.50 bits per heavy atom. The molecule has 0 spiro atoms. The molecule has 0 saturated carbocycles. The molecule has 1 amide bonds. The van der Waals surface area contributed by atoms with E-state index in [0.717, 1.165) is 17.1 Å². The molecule has 32 heavy (non-hydrogen) atoms. The SMILES string of the molecule is COc1ccc(C(=O)Nc2ccc(F)cc2)cc1Oc1nc(Cc2ccc(C)cc2)ns1. The van der Waals surface area contributed by atoms with Crippen molar-refractivity contribution in [3.63, 3.8) is 0 Å². The predicted octanol–water partition coefficient (Wildman–Crippen LogP) is 5.63. The van der Waals surface area contributed by atoms with Crippen LogP contribution in [0.15, 0.2) is 66.7 Å². The first kappa shape index (κ1) is 21.5. The summed E-state index contributed by atoms with van der Waals surface area (Å²) in [6, 6.07) is 18.6. The Morgan fingerprint density at radius 1 is 1.03 bits per heavy atom. The van der Waals surface area contributed by atoms with E-state index in [9.17, 15) is 9.18 Å². The van der Waals surface area contributed by atoms with E-state index in [4.69, 9.17) is 9.47 Å². The highest BCUT2D eigenvalue weighted by molar-refractivity contribution is 7.07. The van der Waals surface area contributed by atoms with Gasteiger partial charge in [0.15, 0.2) is 17.3 Å². The lowest BCUT2D eigenvalue weighted by Gasteiger charge is -2.10. The lowest BCUT2D eigenvalue weighted by Crippen LogP contribution is -2.12. The van der Waals surface area contributed by atoms with Gasteiger partial charge in [0.2, 0.25) is 0 Å². The van der Waals surface area contributed by atoms with Gasteiger partial charge in [-0.3, -0.25) is 4.79 Å². The van der Waals surface area contributed by atoms with Gasteiger partial charge < -0.3 is 14.8 Å². The summed E-state index contributed by atoms with van der Waals surface area (Å²) in [6.45, 7) is 2.04. The highest BCUT2D eigenvalue weighted by atomic mass is 32.1. The Hall–Kier alpha value is -3.78. The number of nitrogens with one attached hydrogen (secondary N) is 1. The minimum atomic E-state index is -0.373. The molecule has 162 valence electrons. The predicted molar refractivity (Wildman–Crippen MR) is 121 cm³/mol. The van der Waals surface area contributed by atoms with Crippen LogP contribution in [0.3, 0.4) is 0 Å². The zero-order valence-electron chi connectivity index (χ0n) is 17.5. The fourth-order valence-electron chi connectivity index (χ4n) is 2.97. The molecule has 1 heterocycles. The van der Waals surface area contributed by atoms with Crippen LogP contribution in [0.5, 0.6) is 16.7 Å². The number of halogens is 1. The number of anilines is 1. The second-order valence-electron chi connectivity index (χ2n) is 7.07. The molecule has 0 aliphatic rings. The van der Waals surface area contributed by atoms with Crippen molar-refractivity contribution < 1.29 is 18.7 Å². The summed E-state index contributed by atoms with van der Waals surface area (Å²) >= 11 is 1.13. The third-order valence-corrected chi connectivity index (χ3v) is 5.29. The number of aryl methyl sites for hydroxylation is 1. The monoisotopic (exact) mass is 449 g/mol. The molecule has 3 aromatic carbocycles. The van der Waals surface area contributed by atoms with Crippen LogP contribution in [0.1, 0.15) is 27.3 Å². The fourth-order valence-corrected chi connectivity index (χ4v) is 3.53. The number of rotatable bonds is 7. The Morgan fingerprint density at radius 2 is 1.78 bits per heavy atom. The summed E-state index contributed by atoms with van der Waals surface area (Å²) < 4.78 is 28.7. The number of carbonyl (C=O) groups is 1. The number of amides is 1. The second kappa shape index (κ2) is 9.57. The van der Waals surface area contributed by atoms with E-state index in [-0.39, 0.29) is 11.7 Å². The first-order valence-electron chi connectivity index (χ1n) is 9.81. The van der Waals surface area contributed by atoms with Crippen LogP contribution in [-0.4, -0.2) is 22.4 Å². The summed E-state index contributed by atoms with van der Waals surface area (Å²) in [4.78, 5) is 17.1. The molecule has 0 unspecified atom stereocenters. The fraction of sp³-hybridized carbons (Fsp3) is 0.125. The van der Waals surface area contributed by atoms with Gasteiger partial charge in [-0.2, -0.15) is 9.36 Å². The van der Waals surface area contributed by atoms with E-state index in [1.165, 1.54) is 36.9 Å². The first-order valence-corrected chi connectivity index (χ1v) is 10.6. The average Bonchev–Trinajstić information content (AvgIpc) is 3.23. The van der Waals surface area contributed by atoms with Crippen LogP contribution in [0, 0.1) is 12.7 Å². The smallest absolute Gasteiger partial charge is 0.298 e. The molecule has 4 rings (SSSR count). The van der Waals surface area contributed by atoms with Crippen LogP contribution in [0.4, 0.5) is 10.1 Å². The molecule has 0 radical (unpaired) electrons. The largest absolute Gasteiger partial charge is 0.493 e. The molecule has 0 atom stereocenters. The Balaban J connectivity index is 1.49. The van der Waals surface area contributed by atoms with Crippen LogP contribution in [0.25, 0.3) is 0 Å². The minimum Gasteiger partial charge on any atom is -0.493 e. The molecule has 0 aliphatic carbocycles. The van der Waals surface area contributed by atoms with Crippen LogP contribution in [-0.2, 0) is 6.42 Å². The number of ether oxygens (including phenoxy) is 2. The third-order valence-electron chi connectivity index (χ3n) is 4.66. The van der Waals surface area contributed by atoms with Crippen molar-refractivity contribution in [3.8, 4) is 16.7 Å². The van der Waals surface area contributed by atoms with E-state index >= 15 is 0 Å². The van der Waals surface area contributed by atoms with Crippen molar-refractivity contribution in [1.82, 2.24) is 9.36 Å². The zero-order chi connectivity index (χ0) is 22.5. The van der Waals surface area contributed by atoms with Crippen molar-refractivity contribution in [2.45, 2.75) is 13.3 Å². The van der Waals surface area contributed by atoms with Crippen molar-refractivity contribution in [3.05, 3.63) is 95.1 Å². The molecule has 0 saturated heterocycles. The van der Waals surface area contributed by atoms with Crippen molar-refractivity contribution in [2.75, 3.05) is 12.4 Å². The second-order valence-corrected chi connectivity index (χ2v) is 7.78. The molecular weight excluding hydrogens is 429 g/mol. The lowest BCUT2D eigenvalue weighted by molar-refractivity contribution is 0.102. The maximum atomic E-state index is 13.1. The number of carbonyl (C=O) groups excluding carboxylic acids is 1. The van der Waals surface area contributed by atoms with Gasteiger partial charge in [-0.25, -0.2) is 4.39 Å². The summed E-state index contributed by atoms with van der Waals surface area (Å²) in [5, 5.41) is 3.07. The molecule has 4 aromatic rings. The maximum Gasteiger partial charge on any atom is 0.298 e. The molecule has 1 N–H and O–H groups in total. The van der Waals surface area contributed by atoms with Gasteiger partial charge in [-0.15, -0.1) is 0 Å². The molecule has 1 aromatic heterocycles. The number of hydrogen-bond acceptors (Lipinski definition) is 6. The number of hydrogen-bond donors (Lipinski definition) is 1. The average molecular weight is 450 g/mol. The Bertz CT molecular complexity index is 1220. The molecular formula is C24H20FN3O3S. The van der Waals surface area contributed by atoms with Gasteiger partial charge in [0.25, 0.3) is 11.1 Å². The van der Waals surface area contributed by atoms with Crippen LogP contribution in [0.2, 0.25) is 0 Å². The normalized spacial score (nSPS) is 10.6. The number of aromatic nitrogens is 2. The molecule has 0 bridgehead atoms. The highest BCUT2D eigenvalue weighted by Gasteiger charge is 2.15. The highest BCUT2D eigenvalue weighted by Crippen LogP contribution is 2.33. The number of methoxy groups -OCH3 is 1. The van der Waals surface area contributed by atoms with Gasteiger partial charge in [-0.05, 0) is 55.0 Å². The minimum absolute atomic E-state index is 0.345. The standard InChI is InChI=1S/C24H20FN3O3S/c1-15-3-5-16(6-4-15)13-22-27-24(32-28-22)31-21-14-17(7-12-20(21)30-2)23(29)26-19-10-8-18(25)9-11-19/h3-12,14H,13H2,1-2H3,(H,26,29). The first-order chi connectivity index (χ1) is 15.5. The Kier molecular flexibility index (Phi) is 6.42. The third kappa shape index (κ3) is 5.28. The molecule has 6 nitrogen and oxygen atoms in total. The molecule has 0 aliphatic heterocycles. The summed E-state index contributed by atoms with van der Waals surface area (Å²) in [7, 11) is 1.52. The summed E-state index contributed by atoms with van der Waals surface area (Å²) in [5.74, 6) is 0.720. The summed E-state index contributed by atoms with van der Waals surface area (Å²) in [6.07, 6.45) is 0.595. The Labute approximate surface area is 188 Å². The van der Waals surface area contributed by atoms with Crippen molar-refractivity contribution in [1.29, 1.82) is 0 Å². The van der Waals surface area contributed by atoms with Gasteiger partial charge in [-0.1, -0.05) is 29.8 Å². The van der Waals surface area contributed by atoms with E-state index in [0.29, 0.717) is 40.2 Å². The lowest BCUT2D eigenvalue weighted by atomic mass is 10.1. The molecule has 0 fully saturated rings. The molecule has 8 heteroatoms. The van der Waals surface area contributed by atoms with Crippen LogP contribution >= 0.6 is 11.5 Å². The van der Waals surface area contributed by atoms with Gasteiger partial charge in [0, 0.05) is 29.2 Å². The van der Waals surface area contributed by atoms with E-state index in [1.807, 2.05) is 31.2 Å². The van der Waals surface area contributed by atoms with Crippen LogP contribution < -0.4 is 14.8 Å². The topological polar surface area (TPSA) is 73.3 Å². The van der Waals surface area contributed by atoms with E-state index in [1.54, 1.807) is 18.2 Å². The van der Waals surface area contributed by atoms with Gasteiger partial charge in [0.05, 0.1) is 7.11 Å². The zero-order valence-corrected chi connectivity index (χ0v) is 18.3. The van der Waals surface area contributed by atoms with Gasteiger partial charge >= 0.3 is 0 Å². The summed E-state index contributed by atoms with van der Waals surface area (Å²) in [5.41, 5.74) is 3.14. The van der Waals surface area contributed by atoms with E-state index in [2.05, 4.69) is 14.7 Å². The van der Waals surface area contributed by atoms with Gasteiger partial charge in [0.1, 0.15) is 5.82 Å². The van der Waals surface area contributed by atoms with Crippen molar-refractivity contribution in [2.24, 2.45) is 0 Å². The van der Waals surface area contributed by atoms with Crippen molar-refractivity contribution >= 4 is 23.1 Å². The quantitative estimate of drug-likeness (QED) is 0.396. The number of benzene rings is 3.